The molecule has 2 heterocycles. The van der Waals surface area contributed by atoms with Gasteiger partial charge in [0, 0.05) is 43.3 Å². The van der Waals surface area contributed by atoms with Crippen LogP contribution in [0, 0.1) is 0 Å². The van der Waals surface area contributed by atoms with Gasteiger partial charge in [-0.3, -0.25) is 4.79 Å². The molecule has 3 atom stereocenters. The highest BCUT2D eigenvalue weighted by Gasteiger charge is 2.29. The van der Waals surface area contributed by atoms with Crippen molar-refractivity contribution >= 4 is 11.6 Å². The number of amides is 1. The van der Waals surface area contributed by atoms with E-state index in [-0.39, 0.29) is 11.8 Å². The first-order valence-electron chi connectivity index (χ1n) is 10.6. The van der Waals surface area contributed by atoms with E-state index in [0.717, 1.165) is 36.4 Å². The maximum atomic E-state index is 12.3. The summed E-state index contributed by atoms with van der Waals surface area (Å²) in [6, 6.07) is 15.6. The summed E-state index contributed by atoms with van der Waals surface area (Å²) >= 11 is 0. The van der Waals surface area contributed by atoms with Gasteiger partial charge in [-0.2, -0.15) is 0 Å². The number of benzene rings is 2. The Bertz CT molecular complexity index is 868. The molecule has 1 amide bonds. The second-order valence-corrected chi connectivity index (χ2v) is 8.25. The molecule has 2 aromatic rings. The van der Waals surface area contributed by atoms with Crippen molar-refractivity contribution in [3.63, 3.8) is 0 Å². The van der Waals surface area contributed by atoms with Crippen LogP contribution in [0.25, 0.3) is 0 Å². The van der Waals surface area contributed by atoms with Crippen molar-refractivity contribution in [1.29, 1.82) is 0 Å². The van der Waals surface area contributed by atoms with Gasteiger partial charge in [0.15, 0.2) is 0 Å². The lowest BCUT2D eigenvalue weighted by molar-refractivity contribution is -0.119. The van der Waals surface area contributed by atoms with Gasteiger partial charge in [0.25, 0.3) is 0 Å². The Morgan fingerprint density at radius 1 is 1.24 bits per heavy atom. The predicted molar refractivity (Wildman–Crippen MR) is 116 cm³/mol. The standard InChI is InChI=1S/C24H31N3O2/c1-16-12-23(28)27(2)21-13-18(22(29-3)14-19(16)21)15-26-20-10-7-11-25-24(20)17-8-5-4-6-9-17/h4-6,8-9,13-14,16,20,24-26H,7,10-12,15H2,1-3H3. The molecule has 5 heteroatoms. The van der Waals surface area contributed by atoms with Gasteiger partial charge < -0.3 is 20.3 Å². The van der Waals surface area contributed by atoms with Gasteiger partial charge in [0.2, 0.25) is 5.91 Å². The molecule has 2 N–H and O–H groups in total. The Labute approximate surface area is 173 Å². The first-order chi connectivity index (χ1) is 14.1. The summed E-state index contributed by atoms with van der Waals surface area (Å²) in [5.74, 6) is 1.29. The molecule has 2 aromatic carbocycles. The summed E-state index contributed by atoms with van der Waals surface area (Å²) in [4.78, 5) is 14.1. The van der Waals surface area contributed by atoms with Crippen LogP contribution < -0.4 is 20.3 Å². The number of piperidine rings is 1. The molecule has 5 nitrogen and oxygen atoms in total. The molecular formula is C24H31N3O2. The largest absolute Gasteiger partial charge is 0.496 e. The molecule has 0 bridgehead atoms. The summed E-state index contributed by atoms with van der Waals surface area (Å²) in [5.41, 5.74) is 4.61. The Hall–Kier alpha value is -2.37. The molecule has 2 aliphatic rings. The third-order valence-electron chi connectivity index (χ3n) is 6.35. The summed E-state index contributed by atoms with van der Waals surface area (Å²) in [6.45, 7) is 3.87. The van der Waals surface area contributed by atoms with Crippen molar-refractivity contribution in [2.24, 2.45) is 0 Å². The lowest BCUT2D eigenvalue weighted by atomic mass is 9.89. The SMILES string of the molecule is COc1cc2c(cc1CNC1CCCNC1c1ccccc1)N(C)C(=O)CC2C. The van der Waals surface area contributed by atoms with E-state index < -0.39 is 0 Å². The maximum absolute atomic E-state index is 12.3. The minimum Gasteiger partial charge on any atom is -0.496 e. The number of carbonyl (C=O) groups excluding carboxylic acids is 1. The molecule has 0 aromatic heterocycles. The lowest BCUT2D eigenvalue weighted by Gasteiger charge is -2.34. The number of hydrogen-bond acceptors (Lipinski definition) is 4. The Balaban J connectivity index is 1.56. The first kappa shape index (κ1) is 19.9. The van der Waals surface area contributed by atoms with E-state index in [0.29, 0.717) is 25.0 Å². The minimum atomic E-state index is 0.176. The highest BCUT2D eigenvalue weighted by atomic mass is 16.5. The fourth-order valence-corrected chi connectivity index (χ4v) is 4.64. The highest BCUT2D eigenvalue weighted by molar-refractivity contribution is 5.97. The fourth-order valence-electron chi connectivity index (χ4n) is 4.64. The number of fused-ring (bicyclic) bond motifs is 1. The molecule has 2 aliphatic heterocycles. The summed E-state index contributed by atoms with van der Waals surface area (Å²) in [7, 11) is 3.59. The van der Waals surface area contributed by atoms with Gasteiger partial charge in [0.05, 0.1) is 7.11 Å². The normalized spacial score (nSPS) is 24.3. The van der Waals surface area contributed by atoms with Crippen molar-refractivity contribution in [2.75, 3.05) is 25.6 Å². The van der Waals surface area contributed by atoms with Crippen molar-refractivity contribution in [3.8, 4) is 5.75 Å². The van der Waals surface area contributed by atoms with Crippen LogP contribution in [-0.2, 0) is 11.3 Å². The van der Waals surface area contributed by atoms with Crippen molar-refractivity contribution in [2.45, 2.75) is 50.7 Å². The first-order valence-corrected chi connectivity index (χ1v) is 10.6. The lowest BCUT2D eigenvalue weighted by Crippen LogP contribution is -2.45. The summed E-state index contributed by atoms with van der Waals surface area (Å²) in [5, 5.41) is 7.43. The van der Waals surface area contributed by atoms with E-state index in [2.05, 4.69) is 60.0 Å². The molecule has 154 valence electrons. The molecular weight excluding hydrogens is 362 g/mol. The van der Waals surface area contributed by atoms with E-state index in [9.17, 15) is 4.79 Å². The van der Waals surface area contributed by atoms with Gasteiger partial charge in [-0.25, -0.2) is 0 Å². The second kappa shape index (κ2) is 8.56. The van der Waals surface area contributed by atoms with E-state index >= 15 is 0 Å². The van der Waals surface area contributed by atoms with Crippen LogP contribution in [0.5, 0.6) is 5.75 Å². The molecule has 0 aliphatic carbocycles. The third-order valence-corrected chi connectivity index (χ3v) is 6.35. The number of rotatable bonds is 5. The average Bonchev–Trinajstić information content (AvgIpc) is 2.76. The second-order valence-electron chi connectivity index (χ2n) is 8.25. The average molecular weight is 394 g/mol. The van der Waals surface area contributed by atoms with Gasteiger partial charge >= 0.3 is 0 Å². The molecule has 3 unspecified atom stereocenters. The molecule has 1 fully saturated rings. The van der Waals surface area contributed by atoms with E-state index in [1.807, 2.05) is 7.05 Å². The smallest absolute Gasteiger partial charge is 0.227 e. The molecule has 4 rings (SSSR count). The van der Waals surface area contributed by atoms with Crippen LogP contribution in [0.1, 0.15) is 54.8 Å². The van der Waals surface area contributed by atoms with Gasteiger partial charge in [-0.1, -0.05) is 37.3 Å². The highest BCUT2D eigenvalue weighted by Crippen LogP contribution is 2.39. The molecule has 0 spiro atoms. The zero-order valence-corrected chi connectivity index (χ0v) is 17.6. The number of hydrogen-bond donors (Lipinski definition) is 2. The minimum absolute atomic E-state index is 0.176. The van der Waals surface area contributed by atoms with E-state index in [1.54, 1.807) is 12.0 Å². The number of methoxy groups -OCH3 is 1. The molecule has 1 saturated heterocycles. The predicted octanol–water partition coefficient (Wildman–Crippen LogP) is 3.75. The number of carbonyl (C=O) groups is 1. The zero-order valence-electron chi connectivity index (χ0n) is 17.6. The van der Waals surface area contributed by atoms with E-state index in [4.69, 9.17) is 4.74 Å². The molecule has 29 heavy (non-hydrogen) atoms. The van der Waals surface area contributed by atoms with Crippen LogP contribution in [0.15, 0.2) is 42.5 Å². The zero-order chi connectivity index (χ0) is 20.4. The Morgan fingerprint density at radius 2 is 2.03 bits per heavy atom. The molecule has 0 radical (unpaired) electrons. The van der Waals surface area contributed by atoms with Crippen LogP contribution in [0.2, 0.25) is 0 Å². The van der Waals surface area contributed by atoms with Crippen LogP contribution in [0.4, 0.5) is 5.69 Å². The van der Waals surface area contributed by atoms with E-state index in [1.165, 1.54) is 11.1 Å². The van der Waals surface area contributed by atoms with Gasteiger partial charge in [-0.05, 0) is 48.6 Å². The number of nitrogens with zero attached hydrogens (tertiary/aromatic N) is 1. The Kier molecular flexibility index (Phi) is 5.88. The topological polar surface area (TPSA) is 53.6 Å². The number of nitrogens with one attached hydrogen (secondary N) is 2. The Morgan fingerprint density at radius 3 is 2.79 bits per heavy atom. The van der Waals surface area contributed by atoms with Crippen LogP contribution >= 0.6 is 0 Å². The van der Waals surface area contributed by atoms with Crippen LogP contribution in [0.3, 0.4) is 0 Å². The third kappa shape index (κ3) is 4.02. The maximum Gasteiger partial charge on any atom is 0.227 e. The number of ether oxygens (including phenoxy) is 1. The summed E-state index contributed by atoms with van der Waals surface area (Å²) < 4.78 is 5.71. The van der Waals surface area contributed by atoms with Gasteiger partial charge in [-0.15, -0.1) is 0 Å². The van der Waals surface area contributed by atoms with Crippen molar-refractivity contribution in [3.05, 3.63) is 59.2 Å². The van der Waals surface area contributed by atoms with Crippen LogP contribution in [-0.4, -0.2) is 32.7 Å². The summed E-state index contributed by atoms with van der Waals surface area (Å²) in [6.07, 6.45) is 2.85. The monoisotopic (exact) mass is 393 g/mol. The number of anilines is 1. The fraction of sp³-hybridized carbons (Fsp3) is 0.458. The quantitative estimate of drug-likeness (QED) is 0.812. The van der Waals surface area contributed by atoms with Crippen molar-refractivity contribution < 1.29 is 9.53 Å². The van der Waals surface area contributed by atoms with Crippen molar-refractivity contribution in [1.82, 2.24) is 10.6 Å². The molecule has 0 saturated carbocycles. The van der Waals surface area contributed by atoms with Gasteiger partial charge in [0.1, 0.15) is 5.75 Å².